The van der Waals surface area contributed by atoms with Gasteiger partial charge >= 0.3 is 6.18 Å². The van der Waals surface area contributed by atoms with Gasteiger partial charge in [0.1, 0.15) is 0 Å². The molecule has 2 aromatic rings. The molecule has 96 valence electrons. The van der Waals surface area contributed by atoms with Gasteiger partial charge in [-0.15, -0.1) is 0 Å². The Hall–Kier alpha value is -2.30. The molecule has 0 saturated carbocycles. The molecule has 0 amide bonds. The maximum atomic E-state index is 13.1. The summed E-state index contributed by atoms with van der Waals surface area (Å²) in [6, 6.07) is 13.0. The molecule has 0 atom stereocenters. The third-order valence-corrected chi connectivity index (χ3v) is 2.86. The minimum Gasteiger partial charge on any atom is -0.353 e. The number of nitrogens with one attached hydrogen (secondary N) is 1. The molecule has 5 heteroatoms. The molecule has 0 radical (unpaired) electrons. The van der Waals surface area contributed by atoms with Crippen LogP contribution in [0.3, 0.4) is 0 Å². The molecule has 0 fully saturated rings. The van der Waals surface area contributed by atoms with Gasteiger partial charge in [-0.2, -0.15) is 13.2 Å². The first kappa shape index (κ1) is 11.8. The summed E-state index contributed by atoms with van der Waals surface area (Å²) in [5, 5.41) is 2.99. The lowest BCUT2D eigenvalue weighted by Crippen LogP contribution is -2.24. The number of nitrogens with zero attached hydrogens (tertiary/aromatic N) is 1. The first-order chi connectivity index (χ1) is 9.05. The molecule has 19 heavy (non-hydrogen) atoms. The Morgan fingerprint density at radius 2 is 1.47 bits per heavy atom. The van der Waals surface area contributed by atoms with E-state index in [0.29, 0.717) is 11.4 Å². The van der Waals surface area contributed by atoms with Crippen LogP contribution < -0.4 is 5.32 Å². The zero-order valence-electron chi connectivity index (χ0n) is 9.70. The van der Waals surface area contributed by atoms with Crippen molar-refractivity contribution in [2.75, 3.05) is 5.32 Å². The van der Waals surface area contributed by atoms with Crippen LogP contribution in [0.15, 0.2) is 53.5 Å². The molecule has 0 spiro atoms. The lowest BCUT2D eigenvalue weighted by molar-refractivity contribution is -0.0579. The third kappa shape index (κ3) is 2.07. The van der Waals surface area contributed by atoms with Crippen molar-refractivity contribution in [3.05, 3.63) is 54.1 Å². The van der Waals surface area contributed by atoms with Gasteiger partial charge in [-0.05, 0) is 18.2 Å². The summed E-state index contributed by atoms with van der Waals surface area (Å²) < 4.78 is 39.4. The Morgan fingerprint density at radius 3 is 2.21 bits per heavy atom. The summed E-state index contributed by atoms with van der Waals surface area (Å²) in [6.07, 6.45) is -4.49. The van der Waals surface area contributed by atoms with Crippen molar-refractivity contribution in [1.29, 1.82) is 0 Å². The van der Waals surface area contributed by atoms with Crippen molar-refractivity contribution < 1.29 is 13.2 Å². The number of fused-ring (bicyclic) bond motifs is 2. The fourth-order valence-electron chi connectivity index (χ4n) is 2.02. The summed E-state index contributed by atoms with van der Waals surface area (Å²) in [5.41, 5.74) is 0.440. The van der Waals surface area contributed by atoms with Gasteiger partial charge in [0.05, 0.1) is 11.4 Å². The molecule has 2 nitrogen and oxygen atoms in total. The second-order valence-corrected chi connectivity index (χ2v) is 4.15. The highest BCUT2D eigenvalue weighted by Gasteiger charge is 2.39. The van der Waals surface area contributed by atoms with Crippen molar-refractivity contribution >= 4 is 22.8 Å². The van der Waals surface area contributed by atoms with E-state index in [1.54, 1.807) is 42.5 Å². The zero-order valence-corrected chi connectivity index (χ0v) is 9.70. The molecule has 1 aliphatic rings. The Balaban J connectivity index is 2.29. The number of hydrogen-bond donors (Lipinski definition) is 1. The van der Waals surface area contributed by atoms with Gasteiger partial charge in [-0.1, -0.05) is 30.3 Å². The van der Waals surface area contributed by atoms with Crippen molar-refractivity contribution in [3.8, 4) is 0 Å². The molecule has 0 bridgehead atoms. The van der Waals surface area contributed by atoms with Crippen LogP contribution in [0.2, 0.25) is 0 Å². The van der Waals surface area contributed by atoms with E-state index in [1.807, 2.05) is 0 Å². The predicted molar refractivity (Wildman–Crippen MR) is 68.4 cm³/mol. The smallest absolute Gasteiger partial charge is 0.353 e. The standard InChI is InChI=1S/C14H9F3N2/c15-14(16,17)13-9-5-1-2-6-10(9)18-11-7-3-4-8-12(11)19-13/h1-8,18H. The average molecular weight is 262 g/mol. The van der Waals surface area contributed by atoms with Crippen LogP contribution in [-0.2, 0) is 0 Å². The summed E-state index contributed by atoms with van der Waals surface area (Å²) >= 11 is 0. The summed E-state index contributed by atoms with van der Waals surface area (Å²) in [5.74, 6) is 0. The van der Waals surface area contributed by atoms with Gasteiger partial charge < -0.3 is 5.32 Å². The Bertz CT molecular complexity index is 660. The van der Waals surface area contributed by atoms with Crippen LogP contribution in [-0.4, -0.2) is 11.9 Å². The molecule has 2 aromatic carbocycles. The molecule has 0 saturated heterocycles. The van der Waals surface area contributed by atoms with Crippen LogP contribution in [0.25, 0.3) is 0 Å². The minimum atomic E-state index is -4.49. The Kier molecular flexibility index (Phi) is 2.55. The molecular formula is C14H9F3N2. The largest absolute Gasteiger partial charge is 0.434 e. The third-order valence-electron chi connectivity index (χ3n) is 2.86. The fourth-order valence-corrected chi connectivity index (χ4v) is 2.02. The molecule has 0 aliphatic carbocycles. The molecular weight excluding hydrogens is 253 g/mol. The van der Waals surface area contributed by atoms with Gasteiger partial charge in [-0.25, -0.2) is 4.99 Å². The van der Waals surface area contributed by atoms with Crippen molar-refractivity contribution in [2.45, 2.75) is 6.18 Å². The lowest BCUT2D eigenvalue weighted by Gasteiger charge is -2.12. The van der Waals surface area contributed by atoms with Gasteiger partial charge in [0.15, 0.2) is 5.71 Å². The van der Waals surface area contributed by atoms with E-state index < -0.39 is 11.9 Å². The van der Waals surface area contributed by atoms with E-state index >= 15 is 0 Å². The van der Waals surface area contributed by atoms with E-state index in [4.69, 9.17) is 0 Å². The van der Waals surface area contributed by atoms with E-state index in [1.165, 1.54) is 6.07 Å². The van der Waals surface area contributed by atoms with Crippen LogP contribution in [0, 0.1) is 0 Å². The first-order valence-corrected chi connectivity index (χ1v) is 5.67. The van der Waals surface area contributed by atoms with Crippen molar-refractivity contribution in [3.63, 3.8) is 0 Å². The molecule has 1 N–H and O–H groups in total. The fraction of sp³-hybridized carbons (Fsp3) is 0.0714. The molecule has 3 rings (SSSR count). The second kappa shape index (κ2) is 4.12. The van der Waals surface area contributed by atoms with Gasteiger partial charge in [-0.3, -0.25) is 0 Å². The molecule has 1 aliphatic heterocycles. The highest BCUT2D eigenvalue weighted by molar-refractivity contribution is 6.12. The molecule has 1 heterocycles. The summed E-state index contributed by atoms with van der Waals surface area (Å²) in [4.78, 5) is 3.78. The number of benzene rings is 2. The van der Waals surface area contributed by atoms with Crippen LogP contribution in [0.4, 0.5) is 30.2 Å². The van der Waals surface area contributed by atoms with Crippen LogP contribution >= 0.6 is 0 Å². The van der Waals surface area contributed by atoms with E-state index in [9.17, 15) is 13.2 Å². The second-order valence-electron chi connectivity index (χ2n) is 4.15. The average Bonchev–Trinajstić information content (AvgIpc) is 2.54. The van der Waals surface area contributed by atoms with Crippen molar-refractivity contribution in [1.82, 2.24) is 0 Å². The van der Waals surface area contributed by atoms with E-state index in [0.717, 1.165) is 0 Å². The minimum absolute atomic E-state index is 0.0613. The Morgan fingerprint density at radius 1 is 0.842 bits per heavy atom. The first-order valence-electron chi connectivity index (χ1n) is 5.67. The lowest BCUT2D eigenvalue weighted by atomic mass is 10.1. The maximum absolute atomic E-state index is 13.1. The number of para-hydroxylation sites is 3. The van der Waals surface area contributed by atoms with Gasteiger partial charge in [0.25, 0.3) is 0 Å². The van der Waals surface area contributed by atoms with Crippen molar-refractivity contribution in [2.24, 2.45) is 4.99 Å². The number of rotatable bonds is 0. The topological polar surface area (TPSA) is 24.4 Å². The summed E-state index contributed by atoms with van der Waals surface area (Å²) in [6.45, 7) is 0. The van der Waals surface area contributed by atoms with Crippen LogP contribution in [0.5, 0.6) is 0 Å². The predicted octanol–water partition coefficient (Wildman–Crippen LogP) is 4.43. The van der Waals surface area contributed by atoms with Gasteiger partial charge in [0.2, 0.25) is 0 Å². The highest BCUT2D eigenvalue weighted by Crippen LogP contribution is 2.37. The summed E-state index contributed by atoms with van der Waals surface area (Å²) in [7, 11) is 0. The monoisotopic (exact) mass is 262 g/mol. The van der Waals surface area contributed by atoms with Gasteiger partial charge in [0, 0.05) is 11.3 Å². The number of aliphatic imine (C=N–C) groups is 1. The zero-order chi connectivity index (χ0) is 13.5. The number of hydrogen-bond acceptors (Lipinski definition) is 2. The molecule has 0 aromatic heterocycles. The number of anilines is 2. The number of halogens is 3. The molecule has 0 unspecified atom stereocenters. The van der Waals surface area contributed by atoms with E-state index in [2.05, 4.69) is 10.3 Å². The normalized spacial score (nSPS) is 13.7. The Labute approximate surface area is 107 Å². The maximum Gasteiger partial charge on any atom is 0.434 e. The quantitative estimate of drug-likeness (QED) is 0.746. The van der Waals surface area contributed by atoms with Crippen LogP contribution in [0.1, 0.15) is 5.56 Å². The SMILES string of the molecule is FC(F)(F)C1=Nc2ccccc2Nc2ccccc21. The highest BCUT2D eigenvalue weighted by atomic mass is 19.4. The number of alkyl halides is 3. The van der Waals surface area contributed by atoms with E-state index in [-0.39, 0.29) is 11.3 Å².